The Morgan fingerprint density at radius 2 is 1.74 bits per heavy atom. The molecule has 3 heterocycles. The van der Waals surface area contributed by atoms with Crippen molar-refractivity contribution in [3.63, 3.8) is 0 Å². The molecule has 2 aliphatic heterocycles. The van der Waals surface area contributed by atoms with E-state index >= 15 is 0 Å². The van der Waals surface area contributed by atoms with Gasteiger partial charge in [0.2, 0.25) is 11.8 Å². The maximum atomic E-state index is 13.8. The number of tetrazole rings is 1. The Morgan fingerprint density at radius 1 is 1.03 bits per heavy atom. The van der Waals surface area contributed by atoms with Crippen LogP contribution in [0, 0.1) is 22.9 Å². The number of piperidine rings is 1. The van der Waals surface area contributed by atoms with Crippen molar-refractivity contribution < 1.29 is 22.8 Å². The van der Waals surface area contributed by atoms with E-state index in [1.54, 1.807) is 9.80 Å². The highest BCUT2D eigenvalue weighted by atomic mass is 19.2. The highest BCUT2D eigenvalue weighted by Gasteiger charge is 2.42. The third-order valence-electron chi connectivity index (χ3n) is 6.09. The molecule has 31 heavy (non-hydrogen) atoms. The Labute approximate surface area is 176 Å². The van der Waals surface area contributed by atoms with Gasteiger partial charge in [-0.05, 0) is 53.3 Å². The van der Waals surface area contributed by atoms with Gasteiger partial charge in [0.15, 0.2) is 17.5 Å². The van der Waals surface area contributed by atoms with Crippen LogP contribution in [0.3, 0.4) is 0 Å². The smallest absolute Gasteiger partial charge is 0.246 e. The second-order valence-corrected chi connectivity index (χ2v) is 8.00. The molecule has 2 saturated heterocycles. The first kappa shape index (κ1) is 21.0. The monoisotopic (exact) mass is 434 g/mol. The van der Waals surface area contributed by atoms with Crippen molar-refractivity contribution in [2.24, 2.45) is 5.41 Å². The van der Waals surface area contributed by atoms with Crippen LogP contribution in [-0.2, 0) is 16.1 Å². The zero-order valence-corrected chi connectivity index (χ0v) is 16.7. The summed E-state index contributed by atoms with van der Waals surface area (Å²) in [6.45, 7) is 2.39. The van der Waals surface area contributed by atoms with Crippen LogP contribution in [-0.4, -0.2) is 68.0 Å². The predicted octanol–water partition coefficient (Wildman–Crippen LogP) is 1.64. The predicted molar refractivity (Wildman–Crippen MR) is 103 cm³/mol. The van der Waals surface area contributed by atoms with Gasteiger partial charge >= 0.3 is 0 Å². The number of likely N-dealkylation sites (tertiary alicyclic amines) is 2. The quantitative estimate of drug-likeness (QED) is 0.540. The molecule has 2 aromatic rings. The van der Waals surface area contributed by atoms with Crippen molar-refractivity contribution in [3.05, 3.63) is 47.6 Å². The average Bonchev–Trinajstić information content (AvgIpc) is 3.42. The molecule has 1 aromatic carbocycles. The summed E-state index contributed by atoms with van der Waals surface area (Å²) in [5.41, 5.74) is -0.238. The topological polar surface area (TPSA) is 84.2 Å². The van der Waals surface area contributed by atoms with Gasteiger partial charge in [0.1, 0.15) is 12.9 Å². The Balaban J connectivity index is 1.31. The molecule has 2 fully saturated rings. The number of carbonyl (C=O) groups excluding carboxylic acids is 2. The van der Waals surface area contributed by atoms with Crippen molar-refractivity contribution in [1.29, 1.82) is 0 Å². The van der Waals surface area contributed by atoms with Gasteiger partial charge < -0.3 is 9.80 Å². The van der Waals surface area contributed by atoms with Crippen molar-refractivity contribution in [2.75, 3.05) is 26.2 Å². The molecule has 4 rings (SSSR count). The summed E-state index contributed by atoms with van der Waals surface area (Å²) in [6, 6.07) is 1.91. The number of carbonyl (C=O) groups is 2. The number of aromatic nitrogens is 4. The largest absolute Gasteiger partial charge is 0.341 e. The van der Waals surface area contributed by atoms with Gasteiger partial charge in [-0.15, -0.1) is 5.10 Å². The molecule has 0 aliphatic carbocycles. The van der Waals surface area contributed by atoms with E-state index in [4.69, 9.17) is 0 Å². The van der Waals surface area contributed by atoms with E-state index in [-0.39, 0.29) is 29.3 Å². The highest BCUT2D eigenvalue weighted by Crippen LogP contribution is 2.40. The summed E-state index contributed by atoms with van der Waals surface area (Å²) in [5, 5.41) is 10.7. The lowest BCUT2D eigenvalue weighted by molar-refractivity contribution is -0.134. The van der Waals surface area contributed by atoms with E-state index in [0.29, 0.717) is 26.2 Å². The van der Waals surface area contributed by atoms with Gasteiger partial charge in [-0.1, -0.05) is 0 Å². The number of rotatable bonds is 4. The molecule has 0 saturated carbocycles. The fourth-order valence-corrected chi connectivity index (χ4v) is 4.19. The molecule has 8 nitrogen and oxygen atoms in total. The molecule has 2 aliphatic rings. The van der Waals surface area contributed by atoms with Gasteiger partial charge in [0, 0.05) is 37.8 Å². The number of hydrogen-bond acceptors (Lipinski definition) is 5. The lowest BCUT2D eigenvalue weighted by Gasteiger charge is -2.39. The van der Waals surface area contributed by atoms with Crippen LogP contribution in [0.25, 0.3) is 6.08 Å². The molecule has 11 heteroatoms. The lowest BCUT2D eigenvalue weighted by atomic mass is 9.78. The first-order valence-corrected chi connectivity index (χ1v) is 9.96. The molecule has 0 atom stereocenters. The highest BCUT2D eigenvalue weighted by molar-refractivity contribution is 5.92. The Hall–Kier alpha value is -3.24. The summed E-state index contributed by atoms with van der Waals surface area (Å²) >= 11 is 0. The minimum absolute atomic E-state index is 0.0513. The normalized spacial score (nSPS) is 18.3. The maximum Gasteiger partial charge on any atom is 0.246 e. The summed E-state index contributed by atoms with van der Waals surface area (Å²) in [6.07, 6.45) is 6.11. The number of benzene rings is 1. The van der Waals surface area contributed by atoms with Gasteiger partial charge in [-0.2, -0.15) is 0 Å². The minimum atomic E-state index is -1.56. The second kappa shape index (κ2) is 8.48. The number of nitrogens with zero attached hydrogens (tertiary/aromatic N) is 6. The fourth-order valence-electron chi connectivity index (χ4n) is 4.19. The number of hydrogen-bond donors (Lipinski definition) is 0. The molecule has 1 spiro atoms. The van der Waals surface area contributed by atoms with Crippen molar-refractivity contribution in [1.82, 2.24) is 30.0 Å². The standard InChI is InChI=1S/C20H21F3N6O2/c21-15-3-1-14(18(22)19(15)23)2-4-16(30)28-10-7-20(12-28)5-8-27(9-6-20)17(31)11-29-13-24-25-26-29/h1-4,13H,5-12H2. The molecule has 0 N–H and O–H groups in total. The van der Waals surface area contributed by atoms with Gasteiger partial charge in [-0.3, -0.25) is 9.59 Å². The van der Waals surface area contributed by atoms with Gasteiger partial charge in [0.25, 0.3) is 0 Å². The van der Waals surface area contributed by atoms with E-state index in [0.717, 1.165) is 37.5 Å². The van der Waals surface area contributed by atoms with Gasteiger partial charge in [-0.25, -0.2) is 17.9 Å². The number of amides is 2. The molecule has 0 bridgehead atoms. The SMILES string of the molecule is O=C(C=Cc1ccc(F)c(F)c1F)N1CCC2(CCN(C(=O)Cn3cnnn3)CC2)C1. The van der Waals surface area contributed by atoms with E-state index in [9.17, 15) is 22.8 Å². The first-order valence-electron chi connectivity index (χ1n) is 9.96. The average molecular weight is 434 g/mol. The van der Waals surface area contributed by atoms with Crippen molar-refractivity contribution in [2.45, 2.75) is 25.8 Å². The van der Waals surface area contributed by atoms with Crippen LogP contribution in [0.1, 0.15) is 24.8 Å². The molecule has 0 radical (unpaired) electrons. The van der Waals surface area contributed by atoms with E-state index in [1.165, 1.54) is 17.1 Å². The maximum absolute atomic E-state index is 13.8. The second-order valence-electron chi connectivity index (χ2n) is 8.00. The molecule has 1 aromatic heterocycles. The molecular weight excluding hydrogens is 413 g/mol. The van der Waals surface area contributed by atoms with Crippen molar-refractivity contribution in [3.8, 4) is 0 Å². The summed E-state index contributed by atoms with van der Waals surface area (Å²) in [4.78, 5) is 28.4. The fraction of sp³-hybridized carbons (Fsp3) is 0.450. The van der Waals surface area contributed by atoms with Crippen LogP contribution in [0.4, 0.5) is 13.2 Å². The molecule has 164 valence electrons. The first-order chi connectivity index (χ1) is 14.9. The zero-order chi connectivity index (χ0) is 22.0. The Bertz CT molecular complexity index is 1000. The van der Waals surface area contributed by atoms with Crippen LogP contribution in [0.5, 0.6) is 0 Å². The molecular formula is C20H21F3N6O2. The van der Waals surface area contributed by atoms with Crippen molar-refractivity contribution >= 4 is 17.9 Å². The van der Waals surface area contributed by atoms with E-state index in [2.05, 4.69) is 15.5 Å². The summed E-state index contributed by atoms with van der Waals surface area (Å²) in [7, 11) is 0. The van der Waals surface area contributed by atoms with Crippen LogP contribution in [0.15, 0.2) is 24.5 Å². The third kappa shape index (κ3) is 4.44. The van der Waals surface area contributed by atoms with Gasteiger partial charge in [0.05, 0.1) is 0 Å². The Morgan fingerprint density at radius 3 is 2.42 bits per heavy atom. The van der Waals surface area contributed by atoms with Crippen LogP contribution >= 0.6 is 0 Å². The molecule has 2 amide bonds. The number of halogens is 3. The van der Waals surface area contributed by atoms with Crippen LogP contribution in [0.2, 0.25) is 0 Å². The zero-order valence-electron chi connectivity index (χ0n) is 16.7. The minimum Gasteiger partial charge on any atom is -0.341 e. The van der Waals surface area contributed by atoms with E-state index in [1.807, 2.05) is 0 Å². The third-order valence-corrected chi connectivity index (χ3v) is 6.09. The summed E-state index contributed by atoms with van der Waals surface area (Å²) < 4.78 is 41.5. The van der Waals surface area contributed by atoms with Crippen LogP contribution < -0.4 is 0 Å². The molecule has 0 unspecified atom stereocenters. The lowest BCUT2D eigenvalue weighted by Crippen LogP contribution is -2.45. The Kier molecular flexibility index (Phi) is 5.75. The summed E-state index contributed by atoms with van der Waals surface area (Å²) in [5.74, 6) is -4.51. The van der Waals surface area contributed by atoms with E-state index < -0.39 is 17.5 Å².